The summed E-state index contributed by atoms with van der Waals surface area (Å²) in [5.74, 6) is 0.717. The number of fused-ring (bicyclic) bond motifs is 1. The molecule has 3 aromatic rings. The number of hydrogen-bond acceptors (Lipinski definition) is 3. The average Bonchev–Trinajstić information content (AvgIpc) is 3.02. The number of rotatable bonds is 7. The monoisotopic (exact) mass is 338 g/mol. The number of amides is 1. The van der Waals surface area contributed by atoms with Crippen molar-refractivity contribution in [1.29, 1.82) is 0 Å². The second-order valence-electron chi connectivity index (χ2n) is 5.79. The molecule has 0 unspecified atom stereocenters. The van der Waals surface area contributed by atoms with E-state index in [2.05, 4.69) is 10.3 Å². The standard InChI is InChI=1S/C20H22N2O3/c1-3-25-13-14-5-4-6-16(9-14)22-20(23)10-15-12-21-19-8-7-17(24-2)11-18(15)19/h4-9,11-12,21H,3,10,13H2,1-2H3,(H,22,23). The summed E-state index contributed by atoms with van der Waals surface area (Å²) in [6.07, 6.45) is 2.16. The van der Waals surface area contributed by atoms with Gasteiger partial charge in [-0.1, -0.05) is 12.1 Å². The maximum Gasteiger partial charge on any atom is 0.228 e. The summed E-state index contributed by atoms with van der Waals surface area (Å²) in [5, 5.41) is 3.95. The molecule has 1 heterocycles. The number of nitrogens with one attached hydrogen (secondary N) is 2. The van der Waals surface area contributed by atoms with E-state index in [-0.39, 0.29) is 5.91 Å². The predicted molar refractivity (Wildman–Crippen MR) is 99.0 cm³/mol. The minimum Gasteiger partial charge on any atom is -0.497 e. The van der Waals surface area contributed by atoms with Crippen molar-refractivity contribution in [2.24, 2.45) is 0 Å². The number of carbonyl (C=O) groups excluding carboxylic acids is 1. The second kappa shape index (κ2) is 7.85. The molecule has 25 heavy (non-hydrogen) atoms. The van der Waals surface area contributed by atoms with Crippen molar-refractivity contribution in [2.45, 2.75) is 20.0 Å². The molecule has 0 spiro atoms. The zero-order valence-corrected chi connectivity index (χ0v) is 14.5. The molecule has 0 atom stereocenters. The fourth-order valence-electron chi connectivity index (χ4n) is 2.77. The largest absolute Gasteiger partial charge is 0.497 e. The van der Waals surface area contributed by atoms with Gasteiger partial charge in [0.15, 0.2) is 0 Å². The maximum atomic E-state index is 12.4. The summed E-state index contributed by atoms with van der Waals surface area (Å²) in [6, 6.07) is 13.5. The number of methoxy groups -OCH3 is 1. The van der Waals surface area contributed by atoms with Gasteiger partial charge in [-0.2, -0.15) is 0 Å². The number of H-pyrrole nitrogens is 1. The minimum absolute atomic E-state index is 0.0581. The zero-order chi connectivity index (χ0) is 17.6. The number of hydrogen-bond donors (Lipinski definition) is 2. The highest BCUT2D eigenvalue weighted by Gasteiger charge is 2.10. The van der Waals surface area contributed by atoms with Crippen molar-refractivity contribution in [3.8, 4) is 5.75 Å². The van der Waals surface area contributed by atoms with E-state index in [9.17, 15) is 4.79 Å². The van der Waals surface area contributed by atoms with Gasteiger partial charge in [-0.25, -0.2) is 0 Å². The van der Waals surface area contributed by atoms with Gasteiger partial charge in [-0.15, -0.1) is 0 Å². The van der Waals surface area contributed by atoms with E-state index < -0.39 is 0 Å². The van der Waals surface area contributed by atoms with Gasteiger partial charge in [0.1, 0.15) is 5.75 Å². The van der Waals surface area contributed by atoms with Gasteiger partial charge in [0.25, 0.3) is 0 Å². The molecule has 0 radical (unpaired) electrons. The quantitative estimate of drug-likeness (QED) is 0.687. The van der Waals surface area contributed by atoms with Crippen LogP contribution < -0.4 is 10.1 Å². The lowest BCUT2D eigenvalue weighted by Crippen LogP contribution is -2.14. The summed E-state index contributed by atoms with van der Waals surface area (Å²) in [7, 11) is 1.63. The summed E-state index contributed by atoms with van der Waals surface area (Å²) < 4.78 is 10.7. The topological polar surface area (TPSA) is 63.3 Å². The van der Waals surface area contributed by atoms with Crippen LogP contribution in [0.5, 0.6) is 5.75 Å². The summed E-state index contributed by atoms with van der Waals surface area (Å²) >= 11 is 0. The van der Waals surface area contributed by atoms with Gasteiger partial charge in [-0.3, -0.25) is 4.79 Å². The second-order valence-corrected chi connectivity index (χ2v) is 5.79. The highest BCUT2D eigenvalue weighted by molar-refractivity contribution is 5.96. The van der Waals surface area contributed by atoms with E-state index >= 15 is 0 Å². The Morgan fingerprint density at radius 2 is 2.08 bits per heavy atom. The van der Waals surface area contributed by atoms with Gasteiger partial charge < -0.3 is 19.8 Å². The van der Waals surface area contributed by atoms with E-state index in [0.717, 1.165) is 33.5 Å². The van der Waals surface area contributed by atoms with Gasteiger partial charge in [0.05, 0.1) is 20.1 Å². The Balaban J connectivity index is 1.70. The Bertz CT molecular complexity index is 870. The first-order valence-electron chi connectivity index (χ1n) is 8.30. The van der Waals surface area contributed by atoms with E-state index in [4.69, 9.17) is 9.47 Å². The molecule has 1 aromatic heterocycles. The van der Waals surface area contributed by atoms with Crippen molar-refractivity contribution in [2.75, 3.05) is 19.0 Å². The Morgan fingerprint density at radius 3 is 2.88 bits per heavy atom. The van der Waals surface area contributed by atoms with Gasteiger partial charge >= 0.3 is 0 Å². The molecule has 3 rings (SSSR count). The van der Waals surface area contributed by atoms with Crippen LogP contribution in [0.1, 0.15) is 18.1 Å². The summed E-state index contributed by atoms with van der Waals surface area (Å²) in [4.78, 5) is 15.6. The highest BCUT2D eigenvalue weighted by Crippen LogP contribution is 2.24. The predicted octanol–water partition coefficient (Wildman–Crippen LogP) is 3.89. The zero-order valence-electron chi connectivity index (χ0n) is 14.5. The summed E-state index contributed by atoms with van der Waals surface area (Å²) in [5.41, 5.74) is 3.75. The molecule has 2 N–H and O–H groups in total. The van der Waals surface area contributed by atoms with E-state index in [0.29, 0.717) is 19.6 Å². The van der Waals surface area contributed by atoms with Crippen LogP contribution in [0.2, 0.25) is 0 Å². The van der Waals surface area contributed by atoms with Crippen molar-refractivity contribution in [3.63, 3.8) is 0 Å². The molecular weight excluding hydrogens is 316 g/mol. The molecule has 0 fully saturated rings. The lowest BCUT2D eigenvalue weighted by Gasteiger charge is -2.08. The van der Waals surface area contributed by atoms with Gasteiger partial charge in [0, 0.05) is 29.4 Å². The first-order chi connectivity index (χ1) is 12.2. The molecule has 5 heteroatoms. The number of aromatic amines is 1. The van der Waals surface area contributed by atoms with Gasteiger partial charge in [-0.05, 0) is 48.4 Å². The molecule has 0 aliphatic heterocycles. The van der Waals surface area contributed by atoms with E-state index in [1.165, 1.54) is 0 Å². The SMILES string of the molecule is CCOCc1cccc(NC(=O)Cc2c[nH]c3ccc(OC)cc23)c1. The molecule has 5 nitrogen and oxygen atoms in total. The van der Waals surface area contributed by atoms with Crippen LogP contribution in [0, 0.1) is 0 Å². The van der Waals surface area contributed by atoms with Crippen LogP contribution in [0.15, 0.2) is 48.7 Å². The summed E-state index contributed by atoms with van der Waals surface area (Å²) in [6.45, 7) is 3.17. The minimum atomic E-state index is -0.0581. The first-order valence-corrected chi connectivity index (χ1v) is 8.30. The fraction of sp³-hybridized carbons (Fsp3) is 0.250. The van der Waals surface area contributed by atoms with Crippen LogP contribution in [0.25, 0.3) is 10.9 Å². The van der Waals surface area contributed by atoms with E-state index in [1.54, 1.807) is 7.11 Å². The lowest BCUT2D eigenvalue weighted by atomic mass is 10.1. The molecular formula is C20H22N2O3. The molecule has 0 bridgehead atoms. The van der Waals surface area contributed by atoms with Crippen LogP contribution in [0.3, 0.4) is 0 Å². The molecule has 0 saturated carbocycles. The third kappa shape index (κ3) is 4.19. The molecule has 2 aromatic carbocycles. The molecule has 0 saturated heterocycles. The lowest BCUT2D eigenvalue weighted by molar-refractivity contribution is -0.115. The van der Waals surface area contributed by atoms with Crippen LogP contribution >= 0.6 is 0 Å². The van der Waals surface area contributed by atoms with E-state index in [1.807, 2.05) is 55.6 Å². The first kappa shape index (κ1) is 17.0. The Morgan fingerprint density at radius 1 is 1.20 bits per heavy atom. The number of aromatic nitrogens is 1. The Hall–Kier alpha value is -2.79. The molecule has 0 aliphatic carbocycles. The average molecular weight is 338 g/mol. The van der Waals surface area contributed by atoms with Gasteiger partial charge in [0.2, 0.25) is 5.91 Å². The van der Waals surface area contributed by atoms with Crippen molar-refractivity contribution in [3.05, 3.63) is 59.8 Å². The number of carbonyl (C=O) groups is 1. The Kier molecular flexibility index (Phi) is 5.36. The Labute approximate surface area is 147 Å². The van der Waals surface area contributed by atoms with Crippen molar-refractivity contribution in [1.82, 2.24) is 4.98 Å². The number of benzene rings is 2. The van der Waals surface area contributed by atoms with Crippen LogP contribution in [-0.4, -0.2) is 24.6 Å². The molecule has 1 amide bonds. The molecule has 130 valence electrons. The highest BCUT2D eigenvalue weighted by atomic mass is 16.5. The number of ether oxygens (including phenoxy) is 2. The smallest absolute Gasteiger partial charge is 0.228 e. The third-order valence-electron chi connectivity index (χ3n) is 4.01. The van der Waals surface area contributed by atoms with Crippen LogP contribution in [0.4, 0.5) is 5.69 Å². The van der Waals surface area contributed by atoms with Crippen LogP contribution in [-0.2, 0) is 22.6 Å². The third-order valence-corrected chi connectivity index (χ3v) is 4.01. The number of anilines is 1. The normalized spacial score (nSPS) is 10.8. The molecule has 0 aliphatic rings. The maximum absolute atomic E-state index is 12.4. The fourth-order valence-corrected chi connectivity index (χ4v) is 2.77. The van der Waals surface area contributed by atoms with Crippen molar-refractivity contribution >= 4 is 22.5 Å². The van der Waals surface area contributed by atoms with Crippen molar-refractivity contribution < 1.29 is 14.3 Å².